The van der Waals surface area contributed by atoms with Crippen LogP contribution in [0.5, 0.6) is 0 Å². The number of amides is 1. The summed E-state index contributed by atoms with van der Waals surface area (Å²) < 4.78 is 0. The fourth-order valence-corrected chi connectivity index (χ4v) is 1.47. The summed E-state index contributed by atoms with van der Waals surface area (Å²) in [6.07, 6.45) is 0.953. The van der Waals surface area contributed by atoms with E-state index in [0.717, 1.165) is 19.5 Å². The Kier molecular flexibility index (Phi) is 2.49. The zero-order chi connectivity index (χ0) is 8.43. The number of piperazine rings is 1. The molecule has 0 aliphatic carbocycles. The van der Waals surface area contributed by atoms with Crippen molar-refractivity contribution in [1.82, 2.24) is 9.80 Å². The topological polar surface area (TPSA) is 23.6 Å². The first-order valence-corrected chi connectivity index (χ1v) is 4.06. The van der Waals surface area contributed by atoms with Crippen LogP contribution in [0.3, 0.4) is 0 Å². The first kappa shape index (κ1) is 8.53. The quantitative estimate of drug-likeness (QED) is 0.505. The average molecular weight is 156 g/mol. The Morgan fingerprint density at radius 3 is 2.45 bits per heavy atom. The Morgan fingerprint density at radius 1 is 1.27 bits per heavy atom. The largest absolute Gasteiger partial charge is 0.340 e. The van der Waals surface area contributed by atoms with E-state index in [-0.39, 0.29) is 0 Å². The van der Waals surface area contributed by atoms with Gasteiger partial charge in [-0.3, -0.25) is 9.69 Å². The summed E-state index contributed by atoms with van der Waals surface area (Å²) in [5, 5.41) is 0. The molecule has 0 saturated carbocycles. The Balaban J connectivity index is 2.54. The van der Waals surface area contributed by atoms with E-state index < -0.39 is 0 Å². The van der Waals surface area contributed by atoms with Gasteiger partial charge in [0.25, 0.3) is 0 Å². The zero-order valence-corrected chi connectivity index (χ0v) is 7.45. The van der Waals surface area contributed by atoms with Gasteiger partial charge in [0.2, 0.25) is 6.41 Å². The van der Waals surface area contributed by atoms with Crippen LogP contribution in [-0.2, 0) is 4.79 Å². The van der Waals surface area contributed by atoms with Crippen molar-refractivity contribution in [3.8, 4) is 0 Å². The van der Waals surface area contributed by atoms with Gasteiger partial charge in [0, 0.05) is 25.2 Å². The van der Waals surface area contributed by atoms with Crippen molar-refractivity contribution >= 4 is 6.41 Å². The Labute approximate surface area is 68.0 Å². The maximum Gasteiger partial charge on any atom is 0.210 e. The molecule has 0 N–H and O–H groups in total. The van der Waals surface area contributed by atoms with Gasteiger partial charge in [-0.25, -0.2) is 0 Å². The minimum Gasteiger partial charge on any atom is -0.340 e. The van der Waals surface area contributed by atoms with Crippen LogP contribution in [-0.4, -0.2) is 48.4 Å². The summed E-state index contributed by atoms with van der Waals surface area (Å²) in [4.78, 5) is 14.7. The molecular weight excluding hydrogens is 140 g/mol. The van der Waals surface area contributed by atoms with Crippen molar-refractivity contribution in [3.63, 3.8) is 0 Å². The van der Waals surface area contributed by atoms with E-state index in [1.54, 1.807) is 0 Å². The molecule has 0 radical (unpaired) electrons. The highest BCUT2D eigenvalue weighted by atomic mass is 16.1. The van der Waals surface area contributed by atoms with Crippen molar-refractivity contribution in [3.05, 3.63) is 0 Å². The first-order chi connectivity index (χ1) is 5.15. The van der Waals surface area contributed by atoms with Gasteiger partial charge in [-0.15, -0.1) is 0 Å². The molecule has 11 heavy (non-hydrogen) atoms. The summed E-state index contributed by atoms with van der Waals surface area (Å²) >= 11 is 0. The molecule has 1 saturated heterocycles. The van der Waals surface area contributed by atoms with E-state index in [1.807, 2.05) is 4.90 Å². The van der Waals surface area contributed by atoms with Gasteiger partial charge in [0.1, 0.15) is 0 Å². The molecule has 1 aliphatic rings. The number of carbonyl (C=O) groups is 1. The van der Waals surface area contributed by atoms with Gasteiger partial charge in [0.15, 0.2) is 0 Å². The lowest BCUT2D eigenvalue weighted by atomic mass is 10.1. The van der Waals surface area contributed by atoms with E-state index in [2.05, 4.69) is 25.8 Å². The SMILES string of the molecule is C[C@H]1CN(C=O)[C@@H](C)CN1C. The first-order valence-electron chi connectivity index (χ1n) is 4.06. The molecule has 3 nitrogen and oxygen atoms in total. The fourth-order valence-electron chi connectivity index (χ4n) is 1.47. The number of likely N-dealkylation sites (N-methyl/N-ethyl adjacent to an activating group) is 1. The molecule has 0 aromatic heterocycles. The van der Waals surface area contributed by atoms with Crippen LogP contribution in [0, 0.1) is 0 Å². The maximum absolute atomic E-state index is 10.5. The summed E-state index contributed by atoms with van der Waals surface area (Å²) in [5.41, 5.74) is 0. The van der Waals surface area contributed by atoms with Gasteiger partial charge < -0.3 is 4.90 Å². The third-order valence-electron chi connectivity index (χ3n) is 2.48. The molecule has 1 amide bonds. The number of hydrogen-bond acceptors (Lipinski definition) is 2. The standard InChI is InChI=1S/C8H16N2O/c1-7-5-10(6-11)8(2)4-9(7)3/h6-8H,4-5H2,1-3H3/t7-,8-/m0/s1. The lowest BCUT2D eigenvalue weighted by Gasteiger charge is -2.40. The third-order valence-corrected chi connectivity index (χ3v) is 2.48. The Hall–Kier alpha value is -0.570. The van der Waals surface area contributed by atoms with E-state index >= 15 is 0 Å². The summed E-state index contributed by atoms with van der Waals surface area (Å²) in [5.74, 6) is 0. The average Bonchev–Trinajstić information content (AvgIpc) is 1.97. The maximum atomic E-state index is 10.5. The van der Waals surface area contributed by atoms with Crippen LogP contribution in [0.1, 0.15) is 13.8 Å². The van der Waals surface area contributed by atoms with Crippen LogP contribution in [0.25, 0.3) is 0 Å². The van der Waals surface area contributed by atoms with Crippen molar-refractivity contribution in [2.24, 2.45) is 0 Å². The Morgan fingerprint density at radius 2 is 1.91 bits per heavy atom. The van der Waals surface area contributed by atoms with Gasteiger partial charge in [-0.1, -0.05) is 0 Å². The Bertz CT molecular complexity index is 149. The minimum absolute atomic E-state index is 0.369. The molecule has 1 heterocycles. The van der Waals surface area contributed by atoms with Gasteiger partial charge in [-0.2, -0.15) is 0 Å². The van der Waals surface area contributed by atoms with Crippen molar-refractivity contribution in [2.75, 3.05) is 20.1 Å². The van der Waals surface area contributed by atoms with Crippen LogP contribution in [0.15, 0.2) is 0 Å². The zero-order valence-electron chi connectivity index (χ0n) is 7.45. The number of carbonyl (C=O) groups excluding carboxylic acids is 1. The van der Waals surface area contributed by atoms with Crippen LogP contribution in [0.2, 0.25) is 0 Å². The summed E-state index contributed by atoms with van der Waals surface area (Å²) in [6, 6.07) is 0.866. The second-order valence-corrected chi connectivity index (χ2v) is 3.44. The minimum atomic E-state index is 0.369. The number of rotatable bonds is 1. The highest BCUT2D eigenvalue weighted by Gasteiger charge is 2.24. The third kappa shape index (κ3) is 1.71. The normalized spacial score (nSPS) is 33.9. The molecule has 1 aliphatic heterocycles. The molecule has 1 rings (SSSR count). The molecule has 0 aromatic carbocycles. The molecule has 0 unspecified atom stereocenters. The van der Waals surface area contributed by atoms with E-state index in [1.165, 1.54) is 0 Å². The monoisotopic (exact) mass is 156 g/mol. The number of hydrogen-bond donors (Lipinski definition) is 0. The smallest absolute Gasteiger partial charge is 0.210 e. The molecule has 0 aromatic rings. The summed E-state index contributed by atoms with van der Waals surface area (Å²) in [6.45, 7) is 6.07. The van der Waals surface area contributed by atoms with Gasteiger partial charge >= 0.3 is 0 Å². The van der Waals surface area contributed by atoms with E-state index in [9.17, 15) is 4.79 Å². The summed E-state index contributed by atoms with van der Waals surface area (Å²) in [7, 11) is 2.10. The van der Waals surface area contributed by atoms with Crippen molar-refractivity contribution < 1.29 is 4.79 Å². The molecule has 3 heteroatoms. The van der Waals surface area contributed by atoms with Crippen LogP contribution >= 0.6 is 0 Å². The highest BCUT2D eigenvalue weighted by molar-refractivity contribution is 5.48. The van der Waals surface area contributed by atoms with E-state index in [4.69, 9.17) is 0 Å². The number of nitrogens with zero attached hydrogens (tertiary/aromatic N) is 2. The molecule has 0 spiro atoms. The van der Waals surface area contributed by atoms with Gasteiger partial charge in [0.05, 0.1) is 0 Å². The van der Waals surface area contributed by atoms with Crippen molar-refractivity contribution in [1.29, 1.82) is 0 Å². The van der Waals surface area contributed by atoms with Crippen LogP contribution < -0.4 is 0 Å². The predicted octanol–water partition coefficient (Wildman–Crippen LogP) is 0.167. The lowest BCUT2D eigenvalue weighted by Crippen LogP contribution is -2.54. The van der Waals surface area contributed by atoms with Crippen molar-refractivity contribution in [2.45, 2.75) is 25.9 Å². The van der Waals surface area contributed by atoms with Gasteiger partial charge in [-0.05, 0) is 20.9 Å². The molecule has 2 atom stereocenters. The second kappa shape index (κ2) is 3.22. The molecular formula is C8H16N2O. The fraction of sp³-hybridized carbons (Fsp3) is 0.875. The van der Waals surface area contributed by atoms with E-state index in [0.29, 0.717) is 12.1 Å². The molecule has 1 fully saturated rings. The lowest BCUT2D eigenvalue weighted by molar-refractivity contribution is -0.123. The molecule has 64 valence electrons. The van der Waals surface area contributed by atoms with Crippen LogP contribution in [0.4, 0.5) is 0 Å². The highest BCUT2D eigenvalue weighted by Crippen LogP contribution is 2.10. The second-order valence-electron chi connectivity index (χ2n) is 3.44. The predicted molar refractivity (Wildman–Crippen MR) is 44.3 cm³/mol. The molecule has 0 bridgehead atoms.